The smallest absolute Gasteiger partial charge is 0.128 e. The first-order chi connectivity index (χ1) is 7.56. The van der Waals surface area contributed by atoms with E-state index >= 15 is 0 Å². The van der Waals surface area contributed by atoms with Gasteiger partial charge in [-0.15, -0.1) is 0 Å². The number of rotatable bonds is 4. The van der Waals surface area contributed by atoms with Gasteiger partial charge in [0.25, 0.3) is 0 Å². The van der Waals surface area contributed by atoms with Crippen molar-refractivity contribution in [1.82, 2.24) is 0 Å². The molecule has 1 atom stereocenters. The number of methoxy groups -OCH3 is 2. The van der Waals surface area contributed by atoms with Crippen LogP contribution in [0.4, 0.5) is 0 Å². The predicted octanol–water partition coefficient (Wildman–Crippen LogP) is 2.75. The summed E-state index contributed by atoms with van der Waals surface area (Å²) in [6.45, 7) is 3.93. The molecule has 0 heterocycles. The fraction of sp³-hybridized carbons (Fsp3) is 0.500. The van der Waals surface area contributed by atoms with Crippen molar-refractivity contribution in [3.63, 3.8) is 0 Å². The van der Waals surface area contributed by atoms with Gasteiger partial charge in [0.15, 0.2) is 0 Å². The van der Waals surface area contributed by atoms with Crippen LogP contribution in [-0.4, -0.2) is 24.7 Å². The van der Waals surface area contributed by atoms with Gasteiger partial charge in [0.2, 0.25) is 0 Å². The van der Waals surface area contributed by atoms with E-state index in [0.29, 0.717) is 5.33 Å². The van der Waals surface area contributed by atoms with Crippen LogP contribution in [0.25, 0.3) is 0 Å². The van der Waals surface area contributed by atoms with Crippen molar-refractivity contribution in [2.75, 3.05) is 19.5 Å². The first-order valence-electron chi connectivity index (χ1n) is 5.02. The number of ether oxygens (including phenoxy) is 2. The van der Waals surface area contributed by atoms with Crippen molar-refractivity contribution >= 4 is 15.9 Å². The third kappa shape index (κ3) is 2.33. The van der Waals surface area contributed by atoms with Crippen molar-refractivity contribution in [3.8, 4) is 11.5 Å². The number of benzene rings is 1. The average molecular weight is 289 g/mol. The van der Waals surface area contributed by atoms with Gasteiger partial charge in [0, 0.05) is 10.9 Å². The largest absolute Gasteiger partial charge is 0.496 e. The Hall–Kier alpha value is -0.740. The molecular weight excluding hydrogens is 272 g/mol. The molecule has 0 saturated heterocycles. The molecule has 0 bridgehead atoms. The fourth-order valence-corrected chi connectivity index (χ4v) is 2.05. The van der Waals surface area contributed by atoms with E-state index in [9.17, 15) is 5.11 Å². The predicted molar refractivity (Wildman–Crippen MR) is 67.8 cm³/mol. The number of halogens is 1. The quantitative estimate of drug-likeness (QED) is 0.866. The zero-order valence-electron chi connectivity index (χ0n) is 10.0. The molecule has 3 nitrogen and oxygen atoms in total. The maximum Gasteiger partial charge on any atom is 0.128 e. The Morgan fingerprint density at radius 2 is 1.88 bits per heavy atom. The fourth-order valence-electron chi connectivity index (χ4n) is 1.70. The Bertz CT molecular complexity index is 377. The summed E-state index contributed by atoms with van der Waals surface area (Å²) >= 11 is 3.26. The molecule has 16 heavy (non-hydrogen) atoms. The molecule has 0 aromatic heterocycles. The van der Waals surface area contributed by atoms with Crippen molar-refractivity contribution in [2.45, 2.75) is 20.0 Å². The standard InChI is InChI=1S/C12H17BrO3/c1-7-8(2)12(16-4)9(10(14)6-13)5-11(7)15-3/h5,10,14H,6H2,1-4H3. The van der Waals surface area contributed by atoms with Crippen LogP contribution in [0.1, 0.15) is 22.8 Å². The number of hydrogen-bond donors (Lipinski definition) is 1. The van der Waals surface area contributed by atoms with Crippen molar-refractivity contribution in [1.29, 1.82) is 0 Å². The van der Waals surface area contributed by atoms with Crippen LogP contribution in [0.2, 0.25) is 0 Å². The van der Waals surface area contributed by atoms with Crippen molar-refractivity contribution in [2.24, 2.45) is 0 Å². The second kappa shape index (κ2) is 5.55. The number of aliphatic hydroxyl groups excluding tert-OH is 1. The molecule has 0 fully saturated rings. The normalized spacial score (nSPS) is 12.4. The second-order valence-electron chi connectivity index (χ2n) is 3.62. The summed E-state index contributed by atoms with van der Waals surface area (Å²) in [6, 6.07) is 1.83. The van der Waals surface area contributed by atoms with E-state index in [1.165, 1.54) is 0 Å². The second-order valence-corrected chi connectivity index (χ2v) is 4.27. The van der Waals surface area contributed by atoms with Crippen LogP contribution in [0.5, 0.6) is 11.5 Å². The van der Waals surface area contributed by atoms with Crippen molar-refractivity contribution < 1.29 is 14.6 Å². The topological polar surface area (TPSA) is 38.7 Å². The Balaban J connectivity index is 3.40. The lowest BCUT2D eigenvalue weighted by atomic mass is 10.00. The molecule has 1 aromatic rings. The molecule has 1 N–H and O–H groups in total. The monoisotopic (exact) mass is 288 g/mol. The lowest BCUT2D eigenvalue weighted by molar-refractivity contribution is 0.199. The van der Waals surface area contributed by atoms with Crippen LogP contribution >= 0.6 is 15.9 Å². The molecule has 0 aliphatic rings. The summed E-state index contributed by atoms with van der Waals surface area (Å²) in [7, 11) is 3.23. The van der Waals surface area contributed by atoms with Crippen LogP contribution in [0, 0.1) is 13.8 Å². The first kappa shape index (κ1) is 13.3. The molecule has 1 aromatic carbocycles. The minimum absolute atomic E-state index is 0.467. The Kier molecular flexibility index (Phi) is 4.62. The molecule has 0 spiro atoms. The van der Waals surface area contributed by atoms with E-state index in [1.807, 2.05) is 19.9 Å². The van der Waals surface area contributed by atoms with Gasteiger partial charge >= 0.3 is 0 Å². The molecule has 0 aliphatic carbocycles. The summed E-state index contributed by atoms with van der Waals surface area (Å²) in [5.74, 6) is 1.50. The van der Waals surface area contributed by atoms with Crippen LogP contribution in [-0.2, 0) is 0 Å². The van der Waals surface area contributed by atoms with Gasteiger partial charge in [-0.05, 0) is 31.0 Å². The Labute approximate surface area is 105 Å². The third-order valence-corrected chi connectivity index (χ3v) is 3.36. The number of alkyl halides is 1. The molecule has 4 heteroatoms. The van der Waals surface area contributed by atoms with Gasteiger partial charge in [-0.25, -0.2) is 0 Å². The SMILES string of the molecule is COc1cc(C(O)CBr)c(OC)c(C)c1C. The van der Waals surface area contributed by atoms with E-state index in [0.717, 1.165) is 28.2 Å². The van der Waals surface area contributed by atoms with Gasteiger partial charge in [-0.1, -0.05) is 15.9 Å². The molecule has 0 radical (unpaired) electrons. The van der Waals surface area contributed by atoms with E-state index in [-0.39, 0.29) is 0 Å². The highest BCUT2D eigenvalue weighted by Gasteiger charge is 2.18. The van der Waals surface area contributed by atoms with Crippen LogP contribution < -0.4 is 9.47 Å². The van der Waals surface area contributed by atoms with Gasteiger partial charge in [0.1, 0.15) is 11.5 Å². The molecule has 0 amide bonds. The van der Waals surface area contributed by atoms with Gasteiger partial charge in [0.05, 0.1) is 20.3 Å². The van der Waals surface area contributed by atoms with E-state index in [4.69, 9.17) is 9.47 Å². The summed E-state index contributed by atoms with van der Waals surface area (Å²) in [5, 5.41) is 10.4. The van der Waals surface area contributed by atoms with Gasteiger partial charge in [-0.2, -0.15) is 0 Å². The summed E-state index contributed by atoms with van der Waals surface area (Å²) < 4.78 is 10.6. The summed E-state index contributed by atoms with van der Waals surface area (Å²) in [5.41, 5.74) is 2.78. The van der Waals surface area contributed by atoms with E-state index < -0.39 is 6.10 Å². The average Bonchev–Trinajstić information content (AvgIpc) is 2.31. The zero-order valence-corrected chi connectivity index (χ0v) is 11.6. The highest BCUT2D eigenvalue weighted by Crippen LogP contribution is 2.36. The third-order valence-electron chi connectivity index (χ3n) is 2.75. The van der Waals surface area contributed by atoms with Crippen LogP contribution in [0.15, 0.2) is 6.07 Å². The molecule has 1 unspecified atom stereocenters. The Morgan fingerprint density at radius 1 is 1.25 bits per heavy atom. The molecule has 1 rings (SSSR count). The van der Waals surface area contributed by atoms with Gasteiger partial charge in [-0.3, -0.25) is 0 Å². The van der Waals surface area contributed by atoms with Gasteiger partial charge < -0.3 is 14.6 Å². The van der Waals surface area contributed by atoms with E-state index in [2.05, 4.69) is 15.9 Å². The molecular formula is C12H17BrO3. The molecule has 90 valence electrons. The minimum Gasteiger partial charge on any atom is -0.496 e. The van der Waals surface area contributed by atoms with Crippen LogP contribution in [0.3, 0.4) is 0 Å². The highest BCUT2D eigenvalue weighted by molar-refractivity contribution is 9.09. The van der Waals surface area contributed by atoms with Crippen molar-refractivity contribution in [3.05, 3.63) is 22.8 Å². The minimum atomic E-state index is -0.594. The first-order valence-corrected chi connectivity index (χ1v) is 6.15. The lowest BCUT2D eigenvalue weighted by Gasteiger charge is -2.19. The number of hydrogen-bond acceptors (Lipinski definition) is 3. The Morgan fingerprint density at radius 3 is 2.31 bits per heavy atom. The number of aliphatic hydroxyl groups is 1. The lowest BCUT2D eigenvalue weighted by Crippen LogP contribution is -2.05. The zero-order chi connectivity index (χ0) is 12.3. The molecule has 0 aliphatic heterocycles. The maximum atomic E-state index is 9.89. The maximum absolute atomic E-state index is 9.89. The summed E-state index contributed by atoms with van der Waals surface area (Å²) in [6.07, 6.45) is -0.594. The van der Waals surface area contributed by atoms with E-state index in [1.54, 1.807) is 14.2 Å². The summed E-state index contributed by atoms with van der Waals surface area (Å²) in [4.78, 5) is 0. The molecule has 0 saturated carbocycles. The highest BCUT2D eigenvalue weighted by atomic mass is 79.9.